The zero-order valence-corrected chi connectivity index (χ0v) is 9.74. The predicted molar refractivity (Wildman–Crippen MR) is 56.7 cm³/mol. The van der Waals surface area contributed by atoms with Crippen LogP contribution in [-0.4, -0.2) is 62.8 Å². The lowest BCUT2D eigenvalue weighted by Gasteiger charge is -2.21. The summed E-state index contributed by atoms with van der Waals surface area (Å²) in [5, 5.41) is 2.50. The minimum atomic E-state index is -0.372. The average Bonchev–Trinajstić information content (AvgIpc) is 2.24. The second-order valence-electron chi connectivity index (χ2n) is 3.10. The molecule has 0 aliphatic heterocycles. The van der Waals surface area contributed by atoms with Gasteiger partial charge < -0.3 is 19.9 Å². The summed E-state index contributed by atoms with van der Waals surface area (Å²) in [6, 6.07) is -0.174. The van der Waals surface area contributed by atoms with E-state index in [0.717, 1.165) is 0 Å². The molecule has 6 heteroatoms. The predicted octanol–water partition coefficient (Wildman–Crippen LogP) is 0.346. The van der Waals surface area contributed by atoms with E-state index >= 15 is 0 Å². The van der Waals surface area contributed by atoms with Crippen molar-refractivity contribution in [3.63, 3.8) is 0 Å². The number of ether oxygens (including phenoxy) is 1. The van der Waals surface area contributed by atoms with E-state index in [1.54, 1.807) is 28.1 Å². The number of rotatable bonds is 4. The molecule has 15 heavy (non-hydrogen) atoms. The highest BCUT2D eigenvalue weighted by molar-refractivity contribution is 5.73. The van der Waals surface area contributed by atoms with Gasteiger partial charge in [-0.15, -0.1) is 0 Å². The zero-order valence-electron chi connectivity index (χ0n) is 9.74. The maximum atomic E-state index is 11.2. The quantitative estimate of drug-likeness (QED) is 0.739. The van der Waals surface area contributed by atoms with Crippen LogP contribution in [0.3, 0.4) is 0 Å². The molecule has 0 atom stereocenters. The van der Waals surface area contributed by atoms with Crippen LogP contribution >= 0.6 is 0 Å². The van der Waals surface area contributed by atoms with Crippen molar-refractivity contribution in [2.24, 2.45) is 0 Å². The number of likely N-dealkylation sites (N-methyl/N-ethyl adjacent to an activating group) is 2. The highest BCUT2D eigenvalue weighted by atomic mass is 16.5. The van der Waals surface area contributed by atoms with Crippen molar-refractivity contribution in [1.29, 1.82) is 0 Å². The van der Waals surface area contributed by atoms with Gasteiger partial charge in [-0.3, -0.25) is 0 Å². The smallest absolute Gasteiger partial charge is 0.409 e. The van der Waals surface area contributed by atoms with Crippen LogP contribution in [0.5, 0.6) is 0 Å². The van der Waals surface area contributed by atoms with E-state index in [-0.39, 0.29) is 12.1 Å². The fourth-order valence-corrected chi connectivity index (χ4v) is 0.917. The molecule has 0 saturated carbocycles. The molecule has 0 saturated heterocycles. The lowest BCUT2D eigenvalue weighted by molar-refractivity contribution is 0.113. The highest BCUT2D eigenvalue weighted by Crippen LogP contribution is 1.91. The first-order valence-corrected chi connectivity index (χ1v) is 4.83. The molecule has 0 aliphatic carbocycles. The van der Waals surface area contributed by atoms with Gasteiger partial charge in [0.1, 0.15) is 0 Å². The Labute approximate surface area is 90.2 Å². The molecule has 0 bridgehead atoms. The molecule has 0 fully saturated rings. The summed E-state index contributed by atoms with van der Waals surface area (Å²) in [4.78, 5) is 25.2. The third-order valence-electron chi connectivity index (χ3n) is 1.91. The first-order valence-electron chi connectivity index (χ1n) is 4.83. The van der Waals surface area contributed by atoms with Gasteiger partial charge in [0.15, 0.2) is 0 Å². The molecule has 88 valence electrons. The largest absolute Gasteiger partial charge is 0.450 e. The lowest BCUT2D eigenvalue weighted by atomic mass is 10.5. The van der Waals surface area contributed by atoms with Crippen molar-refractivity contribution in [1.82, 2.24) is 15.1 Å². The molecule has 0 unspecified atom stereocenters. The van der Waals surface area contributed by atoms with Crippen molar-refractivity contribution < 1.29 is 14.3 Å². The summed E-state index contributed by atoms with van der Waals surface area (Å²) < 4.78 is 4.79. The van der Waals surface area contributed by atoms with Crippen LogP contribution in [0, 0.1) is 0 Å². The van der Waals surface area contributed by atoms with E-state index in [0.29, 0.717) is 19.7 Å². The Balaban J connectivity index is 3.84. The van der Waals surface area contributed by atoms with Crippen LogP contribution in [0.15, 0.2) is 0 Å². The molecular weight excluding hydrogens is 198 g/mol. The van der Waals surface area contributed by atoms with Crippen LogP contribution in [0.1, 0.15) is 6.92 Å². The number of nitrogens with zero attached hydrogens (tertiary/aromatic N) is 2. The number of carbonyl (C=O) groups is 2. The summed E-state index contributed by atoms with van der Waals surface area (Å²) in [6.07, 6.45) is -0.372. The van der Waals surface area contributed by atoms with Crippen molar-refractivity contribution in [3.8, 4) is 0 Å². The number of nitrogens with one attached hydrogen (secondary N) is 1. The number of carbonyl (C=O) groups excluding carboxylic acids is 2. The van der Waals surface area contributed by atoms with E-state index in [2.05, 4.69) is 5.32 Å². The van der Waals surface area contributed by atoms with Gasteiger partial charge in [0.25, 0.3) is 0 Å². The maximum absolute atomic E-state index is 11.2. The normalized spacial score (nSPS) is 9.33. The SMILES string of the molecule is CCOC(=O)N(C)CCN(C)C(=O)NC. The van der Waals surface area contributed by atoms with Gasteiger partial charge in [-0.25, -0.2) is 9.59 Å². The number of hydrogen-bond donors (Lipinski definition) is 1. The number of urea groups is 1. The highest BCUT2D eigenvalue weighted by Gasteiger charge is 2.11. The monoisotopic (exact) mass is 217 g/mol. The fraction of sp³-hybridized carbons (Fsp3) is 0.778. The van der Waals surface area contributed by atoms with Gasteiger partial charge in [-0.1, -0.05) is 0 Å². The Morgan fingerprint density at radius 2 is 1.73 bits per heavy atom. The van der Waals surface area contributed by atoms with Gasteiger partial charge in [0.05, 0.1) is 6.61 Å². The first kappa shape index (κ1) is 13.5. The molecule has 0 heterocycles. The van der Waals surface area contributed by atoms with Crippen molar-refractivity contribution in [2.75, 3.05) is 40.8 Å². The zero-order chi connectivity index (χ0) is 11.8. The van der Waals surface area contributed by atoms with Crippen LogP contribution in [0.2, 0.25) is 0 Å². The molecule has 1 N–H and O–H groups in total. The molecule has 0 spiro atoms. The van der Waals surface area contributed by atoms with Gasteiger partial charge >= 0.3 is 12.1 Å². The van der Waals surface area contributed by atoms with Crippen LogP contribution in [0.25, 0.3) is 0 Å². The van der Waals surface area contributed by atoms with Crippen LogP contribution in [-0.2, 0) is 4.74 Å². The Bertz CT molecular complexity index is 221. The van der Waals surface area contributed by atoms with Crippen LogP contribution in [0.4, 0.5) is 9.59 Å². The summed E-state index contributed by atoms with van der Waals surface area (Å²) in [7, 11) is 4.86. The maximum Gasteiger partial charge on any atom is 0.409 e. The topological polar surface area (TPSA) is 61.9 Å². The van der Waals surface area contributed by atoms with Crippen LogP contribution < -0.4 is 5.32 Å². The standard InChI is InChI=1S/C9H19N3O3/c1-5-15-9(14)12(4)7-6-11(3)8(13)10-2/h5-7H2,1-4H3,(H,10,13). The van der Waals surface area contributed by atoms with E-state index in [9.17, 15) is 9.59 Å². The van der Waals surface area contributed by atoms with Crippen molar-refractivity contribution in [2.45, 2.75) is 6.92 Å². The Hall–Kier alpha value is -1.46. The van der Waals surface area contributed by atoms with E-state index < -0.39 is 0 Å². The van der Waals surface area contributed by atoms with Gasteiger partial charge in [-0.05, 0) is 6.92 Å². The summed E-state index contributed by atoms with van der Waals surface area (Å²) in [5.41, 5.74) is 0. The summed E-state index contributed by atoms with van der Waals surface area (Å²) in [6.45, 7) is 3.02. The number of amides is 3. The minimum Gasteiger partial charge on any atom is -0.450 e. The molecule has 0 rings (SSSR count). The van der Waals surface area contributed by atoms with Crippen molar-refractivity contribution in [3.05, 3.63) is 0 Å². The third kappa shape index (κ3) is 5.09. The molecule has 6 nitrogen and oxygen atoms in total. The molecular formula is C9H19N3O3. The van der Waals surface area contributed by atoms with Gasteiger partial charge in [-0.2, -0.15) is 0 Å². The molecule has 0 aromatic rings. The average molecular weight is 217 g/mol. The Morgan fingerprint density at radius 1 is 1.20 bits per heavy atom. The third-order valence-corrected chi connectivity index (χ3v) is 1.91. The van der Waals surface area contributed by atoms with Crippen molar-refractivity contribution >= 4 is 12.1 Å². The van der Waals surface area contributed by atoms with E-state index in [1.807, 2.05) is 0 Å². The molecule has 3 amide bonds. The second kappa shape index (κ2) is 6.92. The summed E-state index contributed by atoms with van der Waals surface area (Å²) in [5.74, 6) is 0. The first-order chi connectivity index (χ1) is 7.02. The van der Waals surface area contributed by atoms with E-state index in [4.69, 9.17) is 4.74 Å². The molecule has 0 radical (unpaired) electrons. The Morgan fingerprint density at radius 3 is 2.20 bits per heavy atom. The molecule has 0 aromatic carbocycles. The summed E-state index contributed by atoms with van der Waals surface area (Å²) >= 11 is 0. The molecule has 0 aromatic heterocycles. The van der Waals surface area contributed by atoms with E-state index in [1.165, 1.54) is 9.80 Å². The van der Waals surface area contributed by atoms with Gasteiger partial charge in [0, 0.05) is 34.2 Å². The van der Waals surface area contributed by atoms with Gasteiger partial charge in [0.2, 0.25) is 0 Å². The Kier molecular flexibility index (Phi) is 6.24. The minimum absolute atomic E-state index is 0.174. The molecule has 0 aliphatic rings. The fourth-order valence-electron chi connectivity index (χ4n) is 0.917. The second-order valence-corrected chi connectivity index (χ2v) is 3.10. The lowest BCUT2D eigenvalue weighted by Crippen LogP contribution is -2.41. The number of hydrogen-bond acceptors (Lipinski definition) is 3.